The van der Waals surface area contributed by atoms with E-state index in [1.807, 2.05) is 13.8 Å². The van der Waals surface area contributed by atoms with Crippen LogP contribution in [0.3, 0.4) is 0 Å². The van der Waals surface area contributed by atoms with Gasteiger partial charge in [0.1, 0.15) is 23.1 Å². The number of sulfonamides is 1. The summed E-state index contributed by atoms with van der Waals surface area (Å²) in [6.45, 7) is 3.04. The number of benzene rings is 2. The molecule has 0 saturated carbocycles. The van der Waals surface area contributed by atoms with Crippen LogP contribution in [0.5, 0.6) is 5.75 Å². The van der Waals surface area contributed by atoms with Gasteiger partial charge in [-0.2, -0.15) is 0 Å². The molecule has 3 rings (SSSR count). The van der Waals surface area contributed by atoms with Crippen LogP contribution in [0.15, 0.2) is 58.0 Å². The first-order chi connectivity index (χ1) is 18.6. The van der Waals surface area contributed by atoms with E-state index in [-0.39, 0.29) is 35.5 Å². The molecule has 1 N–H and O–H groups in total. The number of halogens is 1. The lowest BCUT2D eigenvalue weighted by molar-refractivity contribution is -0.114. The molecule has 1 amide bonds. The van der Waals surface area contributed by atoms with Crippen molar-refractivity contribution < 1.29 is 31.9 Å². The number of methoxy groups -OCH3 is 1. The van der Waals surface area contributed by atoms with Gasteiger partial charge >= 0.3 is 5.97 Å². The molecule has 1 aromatic heterocycles. The molecule has 0 unspecified atom stereocenters. The second-order valence-electron chi connectivity index (χ2n) is 8.44. The van der Waals surface area contributed by atoms with Crippen molar-refractivity contribution in [2.24, 2.45) is 11.0 Å². The average molecular weight is 577 g/mol. The molecule has 0 aliphatic heterocycles. The number of thiazole rings is 1. The van der Waals surface area contributed by atoms with Gasteiger partial charge in [-0.1, -0.05) is 31.1 Å². The van der Waals surface area contributed by atoms with Gasteiger partial charge in [-0.15, -0.1) is 11.3 Å². The van der Waals surface area contributed by atoms with Crippen molar-refractivity contribution in [3.05, 3.63) is 75.5 Å². The molecule has 39 heavy (non-hydrogen) atoms. The third kappa shape index (κ3) is 7.44. The number of azide groups is 1. The molecule has 2 aromatic carbocycles. The zero-order valence-corrected chi connectivity index (χ0v) is 22.8. The number of esters is 1. The van der Waals surface area contributed by atoms with Crippen molar-refractivity contribution in [3.63, 3.8) is 0 Å². The van der Waals surface area contributed by atoms with Gasteiger partial charge in [0.2, 0.25) is 5.91 Å². The predicted octanol–water partition coefficient (Wildman–Crippen LogP) is 4.75. The second-order valence-corrected chi connectivity index (χ2v) is 11.1. The van der Waals surface area contributed by atoms with Gasteiger partial charge in [-0.25, -0.2) is 22.6 Å². The second kappa shape index (κ2) is 13.0. The van der Waals surface area contributed by atoms with Crippen LogP contribution >= 0.6 is 11.3 Å². The summed E-state index contributed by atoms with van der Waals surface area (Å²) in [5, 5.41) is 5.30. The minimum absolute atomic E-state index is 0.00766. The Morgan fingerprint density at radius 3 is 2.56 bits per heavy atom. The van der Waals surface area contributed by atoms with Crippen LogP contribution in [0.25, 0.3) is 10.4 Å². The van der Waals surface area contributed by atoms with Crippen LogP contribution in [0, 0.1) is 11.7 Å². The van der Waals surface area contributed by atoms with E-state index in [4.69, 9.17) is 15.0 Å². The number of hydrogen-bond donors (Lipinski definition) is 1. The molecular weight excluding hydrogens is 551 g/mol. The molecule has 0 aliphatic carbocycles. The molecule has 0 spiro atoms. The first-order valence-corrected chi connectivity index (χ1v) is 13.7. The van der Waals surface area contributed by atoms with E-state index in [9.17, 15) is 22.4 Å². The Morgan fingerprint density at radius 2 is 1.95 bits per heavy atom. The topological polar surface area (TPSA) is 164 Å². The van der Waals surface area contributed by atoms with E-state index in [2.05, 4.69) is 20.3 Å². The number of carbonyl (C=O) groups is 2. The molecule has 0 radical (unpaired) electrons. The van der Waals surface area contributed by atoms with E-state index in [1.165, 1.54) is 12.6 Å². The maximum atomic E-state index is 14.9. The number of rotatable bonds is 12. The van der Waals surface area contributed by atoms with Gasteiger partial charge in [0.15, 0.2) is 5.69 Å². The summed E-state index contributed by atoms with van der Waals surface area (Å²) in [5.41, 5.74) is 9.70. The van der Waals surface area contributed by atoms with Gasteiger partial charge in [0.05, 0.1) is 36.4 Å². The Hall–Kier alpha value is -4.20. The highest BCUT2D eigenvalue weighted by Crippen LogP contribution is 2.34. The number of carbonyl (C=O) groups excluding carboxylic acids is 2. The summed E-state index contributed by atoms with van der Waals surface area (Å²) in [6, 6.07) is 9.55. The van der Waals surface area contributed by atoms with Crippen molar-refractivity contribution in [1.82, 2.24) is 4.98 Å². The zero-order chi connectivity index (χ0) is 28.6. The summed E-state index contributed by atoms with van der Waals surface area (Å²) in [6.07, 6.45) is 0. The molecule has 12 nitrogen and oxygen atoms in total. The fourth-order valence-electron chi connectivity index (χ4n) is 3.20. The number of hydrogen-bond acceptors (Lipinski definition) is 9. The van der Waals surface area contributed by atoms with Crippen LogP contribution in [-0.2, 0) is 26.1 Å². The summed E-state index contributed by atoms with van der Waals surface area (Å²) in [5.74, 6) is -2.00. The van der Waals surface area contributed by atoms with Crippen LogP contribution in [-0.4, -0.2) is 45.5 Å². The minimum Gasteiger partial charge on any atom is -0.497 e. The summed E-state index contributed by atoms with van der Waals surface area (Å²) < 4.78 is 53.9. The Balaban J connectivity index is 2.02. The Bertz CT molecular complexity index is 1490. The molecule has 15 heteroatoms. The number of nitrogens with one attached hydrogen (secondary N) is 1. The smallest absolute Gasteiger partial charge is 0.360 e. The minimum atomic E-state index is -4.46. The lowest BCUT2D eigenvalue weighted by Gasteiger charge is -2.24. The fraction of sp³-hybridized carbons (Fsp3) is 0.292. The Kier molecular flexibility index (Phi) is 9.82. The lowest BCUT2D eigenvalue weighted by Crippen LogP contribution is -2.31. The van der Waals surface area contributed by atoms with E-state index in [0.29, 0.717) is 11.3 Å². The normalized spacial score (nSPS) is 11.0. The number of ether oxygens (including phenoxy) is 2. The number of anilines is 2. The van der Waals surface area contributed by atoms with Crippen LogP contribution < -0.4 is 14.4 Å². The van der Waals surface area contributed by atoms with Crippen molar-refractivity contribution in [3.8, 4) is 5.75 Å². The van der Waals surface area contributed by atoms with Gasteiger partial charge in [-0.05, 0) is 47.3 Å². The van der Waals surface area contributed by atoms with Crippen LogP contribution in [0.1, 0.15) is 29.9 Å². The molecule has 1 heterocycles. The summed E-state index contributed by atoms with van der Waals surface area (Å²) in [4.78, 5) is 30.6. The van der Waals surface area contributed by atoms with Crippen molar-refractivity contribution in [2.45, 2.75) is 25.3 Å². The van der Waals surface area contributed by atoms with E-state index >= 15 is 0 Å². The van der Waals surface area contributed by atoms with Gasteiger partial charge in [-0.3, -0.25) is 9.10 Å². The fourth-order valence-corrected chi connectivity index (χ4v) is 5.68. The Labute approximate surface area is 228 Å². The van der Waals surface area contributed by atoms with Crippen LogP contribution in [0.4, 0.5) is 15.1 Å². The highest BCUT2D eigenvalue weighted by molar-refractivity contribution is 7.93. The number of amides is 1. The highest BCUT2D eigenvalue weighted by atomic mass is 32.2. The van der Waals surface area contributed by atoms with Crippen molar-refractivity contribution in [2.75, 3.05) is 29.9 Å². The van der Waals surface area contributed by atoms with Crippen molar-refractivity contribution in [1.29, 1.82) is 0 Å². The van der Waals surface area contributed by atoms with Crippen molar-refractivity contribution >= 4 is 43.9 Å². The number of aromatic nitrogens is 1. The standard InChI is InChI=1S/C24H25FN6O6S2/c1-15(2)13-37-24(33)22-23(38-14-27-22)31(12-16-4-6-17(36-3)7-5-16)39(34,35)18-8-9-20(19(25)10-18)29-21(32)11-28-30-26/h4-10,14-15H,11-13H2,1-3H3,(H,29,32). The average Bonchev–Trinajstić information content (AvgIpc) is 3.40. The molecule has 206 valence electrons. The molecule has 0 fully saturated rings. The quantitative estimate of drug-likeness (QED) is 0.141. The Morgan fingerprint density at radius 1 is 1.23 bits per heavy atom. The van der Waals surface area contributed by atoms with E-state index in [0.717, 1.165) is 33.8 Å². The lowest BCUT2D eigenvalue weighted by atomic mass is 10.2. The van der Waals surface area contributed by atoms with E-state index in [1.54, 1.807) is 24.3 Å². The third-order valence-electron chi connectivity index (χ3n) is 5.08. The summed E-state index contributed by atoms with van der Waals surface area (Å²) >= 11 is 0.912. The summed E-state index contributed by atoms with van der Waals surface area (Å²) in [7, 11) is -2.97. The zero-order valence-electron chi connectivity index (χ0n) is 21.2. The van der Waals surface area contributed by atoms with Gasteiger partial charge in [0.25, 0.3) is 10.0 Å². The number of nitrogens with zero attached hydrogens (tertiary/aromatic N) is 5. The van der Waals surface area contributed by atoms with Gasteiger partial charge in [0, 0.05) is 4.91 Å². The third-order valence-corrected chi connectivity index (χ3v) is 7.79. The first-order valence-electron chi connectivity index (χ1n) is 11.4. The van der Waals surface area contributed by atoms with Crippen LogP contribution in [0.2, 0.25) is 0 Å². The monoisotopic (exact) mass is 576 g/mol. The molecular formula is C24H25FN6O6S2. The first kappa shape index (κ1) is 29.4. The maximum absolute atomic E-state index is 14.9. The molecule has 3 aromatic rings. The maximum Gasteiger partial charge on any atom is 0.360 e. The molecule has 0 bridgehead atoms. The SMILES string of the molecule is COc1ccc(CN(c2scnc2C(=O)OCC(C)C)S(=O)(=O)c2ccc(NC(=O)CN=[N+]=[N-])c(F)c2)cc1. The molecule has 0 saturated heterocycles. The van der Waals surface area contributed by atoms with Gasteiger partial charge < -0.3 is 14.8 Å². The largest absolute Gasteiger partial charge is 0.497 e. The van der Waals surface area contributed by atoms with E-state index < -0.39 is 39.2 Å². The molecule has 0 aliphatic rings. The highest BCUT2D eigenvalue weighted by Gasteiger charge is 2.32. The molecule has 0 atom stereocenters. The predicted molar refractivity (Wildman–Crippen MR) is 143 cm³/mol.